The monoisotopic (exact) mass is 466 g/mol. The minimum atomic E-state index is 0. The molecule has 1 heterocycles. The molecule has 0 saturated heterocycles. The summed E-state index contributed by atoms with van der Waals surface area (Å²) in [5.74, 6) is 0.850. The molecule has 0 bridgehead atoms. The molecule has 1 aromatic heterocycles. The van der Waals surface area contributed by atoms with Crippen molar-refractivity contribution >= 4 is 41.3 Å². The predicted molar refractivity (Wildman–Crippen MR) is 113 cm³/mol. The number of rotatable bonds is 7. The standard InChI is InChI=1S/C17H30N4OS.HI/c1-3-18-17(21-13-16-12-20-14(2)23-16)19-10-11-22-15-8-6-4-5-7-9-15;/h12,15H,3-11,13H2,1-2H3,(H2,18,19,21);1H. The molecule has 1 aliphatic rings. The summed E-state index contributed by atoms with van der Waals surface area (Å²) in [7, 11) is 0. The van der Waals surface area contributed by atoms with E-state index in [0.29, 0.717) is 12.6 Å². The quantitative estimate of drug-likeness (QED) is 0.211. The molecule has 0 aliphatic heterocycles. The highest BCUT2D eigenvalue weighted by Gasteiger charge is 2.12. The average Bonchev–Trinajstić information content (AvgIpc) is 2.80. The second-order valence-corrected chi connectivity index (χ2v) is 7.27. The first-order valence-corrected chi connectivity index (χ1v) is 9.64. The Hall–Kier alpha value is -0.410. The number of aryl methyl sites for hydroxylation is 1. The van der Waals surface area contributed by atoms with Crippen LogP contribution in [0.1, 0.15) is 55.3 Å². The Labute approximate surface area is 167 Å². The third-order valence-corrected chi connectivity index (χ3v) is 4.85. The number of thiazole rings is 1. The summed E-state index contributed by atoms with van der Waals surface area (Å²) in [6.45, 7) is 7.17. The number of guanidine groups is 1. The fraction of sp³-hybridized carbons (Fsp3) is 0.765. The summed E-state index contributed by atoms with van der Waals surface area (Å²) in [5, 5.41) is 7.71. The van der Waals surface area contributed by atoms with Crippen molar-refractivity contribution in [2.75, 3.05) is 19.7 Å². The Kier molecular flexibility index (Phi) is 11.6. The molecule has 7 heteroatoms. The highest BCUT2D eigenvalue weighted by atomic mass is 127. The van der Waals surface area contributed by atoms with Crippen molar-refractivity contribution in [1.29, 1.82) is 0 Å². The lowest BCUT2D eigenvalue weighted by molar-refractivity contribution is 0.0468. The zero-order valence-corrected chi connectivity index (χ0v) is 18.0. The van der Waals surface area contributed by atoms with Crippen LogP contribution in [0, 0.1) is 6.92 Å². The van der Waals surface area contributed by atoms with Gasteiger partial charge in [0.1, 0.15) is 0 Å². The van der Waals surface area contributed by atoms with Crippen molar-refractivity contribution < 1.29 is 4.74 Å². The van der Waals surface area contributed by atoms with Crippen molar-refractivity contribution in [2.45, 2.75) is 65.0 Å². The van der Waals surface area contributed by atoms with Crippen molar-refractivity contribution in [2.24, 2.45) is 4.99 Å². The summed E-state index contributed by atoms with van der Waals surface area (Å²) in [6.07, 6.45) is 10.2. The molecule has 2 rings (SSSR count). The molecule has 138 valence electrons. The fourth-order valence-electron chi connectivity index (χ4n) is 2.78. The summed E-state index contributed by atoms with van der Waals surface area (Å²) < 4.78 is 6.00. The molecular formula is C17H31IN4OS. The third-order valence-electron chi connectivity index (χ3n) is 3.96. The number of nitrogens with zero attached hydrogens (tertiary/aromatic N) is 2. The fourth-order valence-corrected chi connectivity index (χ4v) is 3.50. The molecule has 0 radical (unpaired) electrons. The molecule has 0 amide bonds. The Morgan fingerprint density at radius 1 is 1.29 bits per heavy atom. The molecule has 0 unspecified atom stereocenters. The van der Waals surface area contributed by atoms with Crippen LogP contribution < -0.4 is 10.6 Å². The van der Waals surface area contributed by atoms with Crippen molar-refractivity contribution in [3.63, 3.8) is 0 Å². The molecule has 0 atom stereocenters. The van der Waals surface area contributed by atoms with Gasteiger partial charge in [0.05, 0.1) is 24.3 Å². The van der Waals surface area contributed by atoms with E-state index in [1.54, 1.807) is 11.3 Å². The number of nitrogens with one attached hydrogen (secondary N) is 2. The lowest BCUT2D eigenvalue weighted by Gasteiger charge is -2.16. The maximum Gasteiger partial charge on any atom is 0.191 e. The Bertz CT molecular complexity index is 473. The van der Waals surface area contributed by atoms with Crippen LogP contribution in [0.3, 0.4) is 0 Å². The Morgan fingerprint density at radius 2 is 2.04 bits per heavy atom. The number of ether oxygens (including phenoxy) is 1. The van der Waals surface area contributed by atoms with E-state index < -0.39 is 0 Å². The average molecular weight is 466 g/mol. The molecule has 1 fully saturated rings. The van der Waals surface area contributed by atoms with Gasteiger partial charge in [0.15, 0.2) is 5.96 Å². The Balaban J connectivity index is 0.00000288. The van der Waals surface area contributed by atoms with E-state index in [-0.39, 0.29) is 24.0 Å². The van der Waals surface area contributed by atoms with Crippen molar-refractivity contribution in [3.05, 3.63) is 16.1 Å². The zero-order valence-electron chi connectivity index (χ0n) is 14.8. The van der Waals surface area contributed by atoms with Gasteiger partial charge in [0.25, 0.3) is 0 Å². The van der Waals surface area contributed by atoms with Gasteiger partial charge < -0.3 is 15.4 Å². The molecule has 0 spiro atoms. The highest BCUT2D eigenvalue weighted by Crippen LogP contribution is 2.19. The van der Waals surface area contributed by atoms with Crippen LogP contribution in [-0.4, -0.2) is 36.7 Å². The minimum Gasteiger partial charge on any atom is -0.376 e. The second-order valence-electron chi connectivity index (χ2n) is 5.95. The highest BCUT2D eigenvalue weighted by molar-refractivity contribution is 14.0. The van der Waals surface area contributed by atoms with Gasteiger partial charge in [-0.25, -0.2) is 9.98 Å². The number of aromatic nitrogens is 1. The lowest BCUT2D eigenvalue weighted by atomic mass is 10.1. The van der Waals surface area contributed by atoms with E-state index in [2.05, 4.69) is 27.5 Å². The van der Waals surface area contributed by atoms with E-state index in [0.717, 1.165) is 30.7 Å². The normalized spacial score (nSPS) is 16.3. The number of halogens is 1. The summed E-state index contributed by atoms with van der Waals surface area (Å²) >= 11 is 1.70. The molecule has 24 heavy (non-hydrogen) atoms. The van der Waals surface area contributed by atoms with Crippen LogP contribution in [0.25, 0.3) is 0 Å². The zero-order chi connectivity index (χ0) is 16.3. The van der Waals surface area contributed by atoms with Gasteiger partial charge in [-0.05, 0) is 26.7 Å². The molecule has 0 aromatic carbocycles. The van der Waals surface area contributed by atoms with E-state index in [4.69, 9.17) is 4.74 Å². The van der Waals surface area contributed by atoms with Gasteiger partial charge in [-0.2, -0.15) is 0 Å². The predicted octanol–water partition coefficient (Wildman–Crippen LogP) is 3.86. The maximum absolute atomic E-state index is 6.00. The maximum atomic E-state index is 6.00. The van der Waals surface area contributed by atoms with E-state index in [1.807, 2.05) is 13.1 Å². The minimum absolute atomic E-state index is 0. The van der Waals surface area contributed by atoms with Crippen LogP contribution in [0.5, 0.6) is 0 Å². The summed E-state index contributed by atoms with van der Waals surface area (Å²) in [5.41, 5.74) is 0. The molecule has 1 saturated carbocycles. The van der Waals surface area contributed by atoms with Crippen LogP contribution in [-0.2, 0) is 11.3 Å². The molecule has 5 nitrogen and oxygen atoms in total. The van der Waals surface area contributed by atoms with Crippen molar-refractivity contribution in [1.82, 2.24) is 15.6 Å². The van der Waals surface area contributed by atoms with Gasteiger partial charge in [0, 0.05) is 24.2 Å². The SMILES string of the molecule is CCNC(=NCc1cnc(C)s1)NCCOC1CCCCCC1.I. The summed E-state index contributed by atoms with van der Waals surface area (Å²) in [6, 6.07) is 0. The first-order valence-electron chi connectivity index (χ1n) is 8.83. The van der Waals surface area contributed by atoms with Gasteiger partial charge in [-0.3, -0.25) is 0 Å². The smallest absolute Gasteiger partial charge is 0.191 e. The van der Waals surface area contributed by atoms with E-state index >= 15 is 0 Å². The van der Waals surface area contributed by atoms with Gasteiger partial charge in [-0.1, -0.05) is 25.7 Å². The largest absolute Gasteiger partial charge is 0.376 e. The van der Waals surface area contributed by atoms with Gasteiger partial charge in [0.2, 0.25) is 0 Å². The first-order chi connectivity index (χ1) is 11.3. The first kappa shape index (κ1) is 21.6. The second kappa shape index (κ2) is 12.9. The van der Waals surface area contributed by atoms with E-state index in [1.165, 1.54) is 43.4 Å². The number of aliphatic imine (C=N–C) groups is 1. The lowest BCUT2D eigenvalue weighted by Crippen LogP contribution is -2.39. The van der Waals surface area contributed by atoms with Gasteiger partial charge >= 0.3 is 0 Å². The molecule has 1 aromatic rings. The van der Waals surface area contributed by atoms with Crippen LogP contribution in [0.4, 0.5) is 0 Å². The molecule has 2 N–H and O–H groups in total. The summed E-state index contributed by atoms with van der Waals surface area (Å²) in [4.78, 5) is 10.1. The number of hydrogen-bond donors (Lipinski definition) is 2. The van der Waals surface area contributed by atoms with Crippen LogP contribution in [0.2, 0.25) is 0 Å². The Morgan fingerprint density at radius 3 is 2.67 bits per heavy atom. The van der Waals surface area contributed by atoms with Gasteiger partial charge in [-0.15, -0.1) is 35.3 Å². The van der Waals surface area contributed by atoms with Crippen molar-refractivity contribution in [3.8, 4) is 0 Å². The van der Waals surface area contributed by atoms with Crippen LogP contribution in [0.15, 0.2) is 11.2 Å². The molecular weight excluding hydrogens is 435 g/mol. The van der Waals surface area contributed by atoms with Crippen LogP contribution >= 0.6 is 35.3 Å². The third kappa shape index (κ3) is 8.62. The number of hydrogen-bond acceptors (Lipinski definition) is 4. The van der Waals surface area contributed by atoms with E-state index in [9.17, 15) is 0 Å². The topological polar surface area (TPSA) is 58.5 Å². The molecule has 1 aliphatic carbocycles.